The van der Waals surface area contributed by atoms with E-state index in [2.05, 4.69) is 5.32 Å². The van der Waals surface area contributed by atoms with Crippen molar-refractivity contribution in [1.29, 1.82) is 0 Å². The zero-order valence-electron chi connectivity index (χ0n) is 20.7. The van der Waals surface area contributed by atoms with E-state index in [1.165, 1.54) is 34.9 Å². The van der Waals surface area contributed by atoms with Crippen molar-refractivity contribution in [2.24, 2.45) is 0 Å². The molecule has 1 fully saturated rings. The minimum Gasteiger partial charge on any atom is -0.497 e. The average molecular weight is 536 g/mol. The molecule has 4 rings (SSSR count). The molecule has 1 saturated heterocycles. The Hall–Kier alpha value is -2.47. The molecular weight excluding hydrogens is 502 g/mol. The Kier molecular flexibility index (Phi) is 8.66. The van der Waals surface area contributed by atoms with Crippen molar-refractivity contribution >= 4 is 38.2 Å². The fourth-order valence-corrected chi connectivity index (χ4v) is 7.36. The van der Waals surface area contributed by atoms with Crippen molar-refractivity contribution in [3.05, 3.63) is 40.3 Å². The number of aryl methyl sites for hydroxylation is 1. The van der Waals surface area contributed by atoms with Crippen molar-refractivity contribution < 1.29 is 27.5 Å². The van der Waals surface area contributed by atoms with Gasteiger partial charge in [-0.3, -0.25) is 9.69 Å². The van der Waals surface area contributed by atoms with Crippen molar-refractivity contribution in [2.45, 2.75) is 43.9 Å². The smallest absolute Gasteiger partial charge is 0.341 e. The largest absolute Gasteiger partial charge is 0.497 e. The van der Waals surface area contributed by atoms with Crippen LogP contribution in [0.15, 0.2) is 29.2 Å². The predicted molar refractivity (Wildman–Crippen MR) is 138 cm³/mol. The van der Waals surface area contributed by atoms with Gasteiger partial charge >= 0.3 is 5.97 Å². The summed E-state index contributed by atoms with van der Waals surface area (Å²) < 4.78 is 37.8. The first-order chi connectivity index (χ1) is 17.3. The highest BCUT2D eigenvalue weighted by molar-refractivity contribution is 7.89. The molecule has 1 aromatic heterocycles. The van der Waals surface area contributed by atoms with Gasteiger partial charge in [0, 0.05) is 31.1 Å². The van der Waals surface area contributed by atoms with Crippen LogP contribution >= 0.6 is 11.3 Å². The lowest BCUT2D eigenvalue weighted by Gasteiger charge is -2.33. The van der Waals surface area contributed by atoms with E-state index < -0.39 is 10.0 Å². The molecule has 2 heterocycles. The van der Waals surface area contributed by atoms with Crippen LogP contribution in [0.4, 0.5) is 5.00 Å². The summed E-state index contributed by atoms with van der Waals surface area (Å²) in [6.45, 7) is 3.65. The molecule has 1 amide bonds. The number of nitrogens with one attached hydrogen (secondary N) is 1. The Labute approximate surface area is 216 Å². The van der Waals surface area contributed by atoms with Crippen LogP contribution in [0, 0.1) is 0 Å². The van der Waals surface area contributed by atoms with Crippen LogP contribution in [0.5, 0.6) is 5.75 Å². The number of fused-ring (bicyclic) bond motifs is 1. The second-order valence-electron chi connectivity index (χ2n) is 8.89. The first kappa shape index (κ1) is 26.6. The molecule has 0 bridgehead atoms. The number of anilines is 1. The van der Waals surface area contributed by atoms with Crippen molar-refractivity contribution in [3.63, 3.8) is 0 Å². The molecule has 1 N–H and O–H groups in total. The van der Waals surface area contributed by atoms with Crippen LogP contribution in [0.3, 0.4) is 0 Å². The number of nitrogens with zero attached hydrogens (tertiary/aromatic N) is 2. The quantitative estimate of drug-likeness (QED) is 0.409. The van der Waals surface area contributed by atoms with Gasteiger partial charge in [0.25, 0.3) is 0 Å². The number of piperazine rings is 1. The molecular formula is C25H33N3O6S2. The molecule has 0 unspecified atom stereocenters. The Morgan fingerprint density at radius 1 is 1.03 bits per heavy atom. The highest BCUT2D eigenvalue weighted by Gasteiger charge is 2.30. The van der Waals surface area contributed by atoms with E-state index in [4.69, 9.17) is 9.47 Å². The summed E-state index contributed by atoms with van der Waals surface area (Å²) in [6, 6.07) is 6.33. The fourth-order valence-electron chi connectivity index (χ4n) is 4.64. The highest BCUT2D eigenvalue weighted by Crippen LogP contribution is 2.38. The molecule has 1 aliphatic carbocycles. The standard InChI is InChI=1S/C25H33N3O6S2/c1-3-34-25(30)23-20-7-5-4-6-8-21(20)35-24(23)26-22(29)17-27-13-15-28(16-14-27)36(31,32)19-11-9-18(33-2)10-12-19/h9-12H,3-8,13-17H2,1-2H3,(H,26,29). The van der Waals surface area contributed by atoms with Crippen LogP contribution in [-0.2, 0) is 32.4 Å². The number of sulfonamides is 1. The maximum Gasteiger partial charge on any atom is 0.341 e. The maximum atomic E-state index is 13.0. The molecule has 2 aliphatic rings. The number of esters is 1. The monoisotopic (exact) mass is 535 g/mol. The van der Waals surface area contributed by atoms with E-state index in [1.807, 2.05) is 4.90 Å². The number of hydrogen-bond donors (Lipinski definition) is 1. The molecule has 0 atom stereocenters. The van der Waals surface area contributed by atoms with E-state index >= 15 is 0 Å². The van der Waals surface area contributed by atoms with Gasteiger partial charge in [-0.1, -0.05) is 6.42 Å². The average Bonchev–Trinajstić information content (AvgIpc) is 3.04. The third-order valence-electron chi connectivity index (χ3n) is 6.55. The predicted octanol–water partition coefficient (Wildman–Crippen LogP) is 3.15. The van der Waals surface area contributed by atoms with Gasteiger partial charge in [-0.25, -0.2) is 13.2 Å². The van der Waals surface area contributed by atoms with E-state index in [9.17, 15) is 18.0 Å². The molecule has 196 valence electrons. The molecule has 1 aliphatic heterocycles. The van der Waals surface area contributed by atoms with Gasteiger partial charge in [0.05, 0.1) is 30.7 Å². The minimum absolute atomic E-state index is 0.126. The summed E-state index contributed by atoms with van der Waals surface area (Å²) in [6.07, 6.45) is 4.96. The number of hydrogen-bond acceptors (Lipinski definition) is 8. The van der Waals surface area contributed by atoms with Gasteiger partial charge in [0.15, 0.2) is 0 Å². The van der Waals surface area contributed by atoms with Crippen LogP contribution in [0.2, 0.25) is 0 Å². The Balaban J connectivity index is 1.37. The topological polar surface area (TPSA) is 105 Å². The lowest BCUT2D eigenvalue weighted by Crippen LogP contribution is -2.50. The Bertz CT molecular complexity index is 1190. The van der Waals surface area contributed by atoms with Crippen LogP contribution in [0.25, 0.3) is 0 Å². The summed E-state index contributed by atoms with van der Waals surface area (Å²) >= 11 is 1.48. The number of carbonyl (C=O) groups excluding carboxylic acids is 2. The molecule has 11 heteroatoms. The van der Waals surface area contributed by atoms with E-state index in [0.29, 0.717) is 42.5 Å². The Morgan fingerprint density at radius 2 is 1.72 bits per heavy atom. The Morgan fingerprint density at radius 3 is 2.39 bits per heavy atom. The molecule has 9 nitrogen and oxygen atoms in total. The zero-order valence-corrected chi connectivity index (χ0v) is 22.4. The minimum atomic E-state index is -3.61. The zero-order chi connectivity index (χ0) is 25.7. The van der Waals surface area contributed by atoms with Gasteiger partial charge in [-0.15, -0.1) is 11.3 Å². The number of methoxy groups -OCH3 is 1. The summed E-state index contributed by atoms with van der Waals surface area (Å²) in [7, 11) is -2.08. The van der Waals surface area contributed by atoms with Gasteiger partial charge in [-0.2, -0.15) is 4.31 Å². The highest BCUT2D eigenvalue weighted by atomic mass is 32.2. The van der Waals surface area contributed by atoms with Crippen molar-refractivity contribution in [2.75, 3.05) is 51.8 Å². The van der Waals surface area contributed by atoms with Gasteiger partial charge in [-0.05, 0) is 62.4 Å². The molecule has 0 radical (unpaired) electrons. The fraction of sp³-hybridized carbons (Fsp3) is 0.520. The summed E-state index contributed by atoms with van der Waals surface area (Å²) in [5.74, 6) is -0.00832. The number of ether oxygens (including phenoxy) is 2. The normalized spacial score (nSPS) is 17.2. The van der Waals surface area contributed by atoms with Gasteiger partial charge < -0.3 is 14.8 Å². The van der Waals surface area contributed by atoms with Crippen LogP contribution in [0.1, 0.15) is 47.0 Å². The van der Waals surface area contributed by atoms with E-state index in [1.54, 1.807) is 19.1 Å². The third-order valence-corrected chi connectivity index (χ3v) is 9.67. The van der Waals surface area contributed by atoms with Crippen molar-refractivity contribution in [1.82, 2.24) is 9.21 Å². The third kappa shape index (κ3) is 5.91. The second kappa shape index (κ2) is 11.7. The maximum absolute atomic E-state index is 13.0. The van der Waals surface area contributed by atoms with E-state index in [-0.39, 0.29) is 29.9 Å². The molecule has 1 aromatic carbocycles. The number of carbonyl (C=O) groups is 2. The van der Waals surface area contributed by atoms with E-state index in [0.717, 1.165) is 42.5 Å². The van der Waals surface area contributed by atoms with Gasteiger partial charge in [0.1, 0.15) is 10.8 Å². The summed E-state index contributed by atoms with van der Waals surface area (Å²) in [5, 5.41) is 3.51. The number of amides is 1. The summed E-state index contributed by atoms with van der Waals surface area (Å²) in [4.78, 5) is 28.9. The molecule has 2 aromatic rings. The first-order valence-electron chi connectivity index (χ1n) is 12.3. The number of rotatable bonds is 8. The molecule has 0 spiro atoms. The number of thiophene rings is 1. The van der Waals surface area contributed by atoms with Crippen LogP contribution in [-0.4, -0.2) is 75.9 Å². The van der Waals surface area contributed by atoms with Gasteiger partial charge in [0.2, 0.25) is 15.9 Å². The number of benzene rings is 1. The SMILES string of the molecule is CCOC(=O)c1c(NC(=O)CN2CCN(S(=O)(=O)c3ccc(OC)cc3)CC2)sc2c1CCCCC2. The lowest BCUT2D eigenvalue weighted by atomic mass is 10.1. The first-order valence-corrected chi connectivity index (χ1v) is 14.6. The molecule has 36 heavy (non-hydrogen) atoms. The molecule has 0 saturated carbocycles. The lowest BCUT2D eigenvalue weighted by molar-refractivity contribution is -0.117. The van der Waals surface area contributed by atoms with Crippen LogP contribution < -0.4 is 10.1 Å². The summed E-state index contributed by atoms with van der Waals surface area (Å²) in [5.41, 5.74) is 1.52. The second-order valence-corrected chi connectivity index (χ2v) is 11.9. The van der Waals surface area contributed by atoms with Crippen molar-refractivity contribution in [3.8, 4) is 5.75 Å².